The number of nitrogens with zero attached hydrogens (tertiary/aromatic N) is 2. The highest BCUT2D eigenvalue weighted by Gasteiger charge is 2.25. The largest absolute Gasteiger partial charge is 0.474 e. The highest BCUT2D eigenvalue weighted by Crippen LogP contribution is 2.33. The van der Waals surface area contributed by atoms with Crippen LogP contribution in [0, 0.1) is 5.92 Å². The molecule has 1 saturated carbocycles. The number of ether oxygens (including phenoxy) is 1. The van der Waals surface area contributed by atoms with Crippen molar-refractivity contribution < 1.29 is 4.74 Å². The minimum absolute atomic E-state index is 0.0771. The van der Waals surface area contributed by atoms with Crippen molar-refractivity contribution in [3.05, 3.63) is 22.7 Å². The van der Waals surface area contributed by atoms with Gasteiger partial charge in [-0.3, -0.25) is 4.79 Å². The maximum Gasteiger partial charge on any atom is 0.313 e. The van der Waals surface area contributed by atoms with Crippen LogP contribution in [0.4, 0.5) is 0 Å². The van der Waals surface area contributed by atoms with Crippen molar-refractivity contribution in [3.63, 3.8) is 0 Å². The first-order valence-electron chi connectivity index (χ1n) is 7.25. The van der Waals surface area contributed by atoms with Gasteiger partial charge in [-0.1, -0.05) is 0 Å². The van der Waals surface area contributed by atoms with Crippen molar-refractivity contribution in [3.8, 4) is 5.88 Å². The fraction of sp³-hybridized carbons (Fsp3) is 0.714. The van der Waals surface area contributed by atoms with Gasteiger partial charge in [0.15, 0.2) is 0 Å². The van der Waals surface area contributed by atoms with E-state index in [9.17, 15) is 4.79 Å². The van der Waals surface area contributed by atoms with E-state index >= 15 is 0 Å². The van der Waals surface area contributed by atoms with Gasteiger partial charge in [0.2, 0.25) is 0 Å². The molecule has 2 fully saturated rings. The lowest BCUT2D eigenvalue weighted by atomic mass is 9.97. The summed E-state index contributed by atoms with van der Waals surface area (Å²) in [4.78, 5) is 16.2. The van der Waals surface area contributed by atoms with Crippen molar-refractivity contribution in [1.29, 1.82) is 0 Å². The molecular weight excluding hydrogens is 242 g/mol. The fourth-order valence-electron chi connectivity index (χ4n) is 2.64. The van der Waals surface area contributed by atoms with Gasteiger partial charge >= 0.3 is 5.56 Å². The van der Waals surface area contributed by atoms with Crippen molar-refractivity contribution >= 4 is 0 Å². The van der Waals surface area contributed by atoms with Gasteiger partial charge in [-0.15, -0.1) is 0 Å². The number of rotatable bonds is 5. The van der Waals surface area contributed by atoms with Crippen molar-refractivity contribution in [1.82, 2.24) is 14.9 Å². The normalized spacial score (nSPS) is 23.3. The van der Waals surface area contributed by atoms with Gasteiger partial charge < -0.3 is 14.6 Å². The van der Waals surface area contributed by atoms with Gasteiger partial charge in [-0.2, -0.15) is 0 Å². The van der Waals surface area contributed by atoms with Crippen LogP contribution in [0.5, 0.6) is 5.88 Å². The maximum absolute atomic E-state index is 12.1. The molecule has 19 heavy (non-hydrogen) atoms. The zero-order chi connectivity index (χ0) is 13.1. The van der Waals surface area contributed by atoms with Crippen LogP contribution in [0.15, 0.2) is 17.2 Å². The van der Waals surface area contributed by atoms with Crippen LogP contribution in [0.1, 0.15) is 38.1 Å². The van der Waals surface area contributed by atoms with Gasteiger partial charge in [-0.05, 0) is 51.1 Å². The Balaban J connectivity index is 1.54. The number of hydrogen-bond acceptors (Lipinski definition) is 4. The van der Waals surface area contributed by atoms with Gasteiger partial charge in [0.05, 0.1) is 6.61 Å². The molecule has 104 valence electrons. The van der Waals surface area contributed by atoms with Crippen LogP contribution in [0.2, 0.25) is 0 Å². The van der Waals surface area contributed by atoms with E-state index < -0.39 is 0 Å². The molecule has 1 aliphatic heterocycles. The SMILES string of the molecule is O=c1c(OCCC2CCCNC2)nccn1C1CC1. The summed E-state index contributed by atoms with van der Waals surface area (Å²) in [6.07, 6.45) is 9.10. The summed E-state index contributed by atoms with van der Waals surface area (Å²) in [5.41, 5.74) is -0.0771. The lowest BCUT2D eigenvalue weighted by molar-refractivity contribution is 0.243. The second kappa shape index (κ2) is 5.74. The molecule has 1 atom stereocenters. The average molecular weight is 263 g/mol. The number of aromatic nitrogens is 2. The molecule has 5 nitrogen and oxygen atoms in total. The topological polar surface area (TPSA) is 56.1 Å². The quantitative estimate of drug-likeness (QED) is 0.871. The average Bonchev–Trinajstić information content (AvgIpc) is 3.26. The van der Waals surface area contributed by atoms with E-state index in [0.717, 1.165) is 32.4 Å². The van der Waals surface area contributed by atoms with E-state index in [1.54, 1.807) is 17.0 Å². The van der Waals surface area contributed by atoms with Crippen molar-refractivity contribution in [2.45, 2.75) is 38.1 Å². The third-order valence-corrected chi connectivity index (χ3v) is 3.94. The lowest BCUT2D eigenvalue weighted by Crippen LogP contribution is -2.31. The summed E-state index contributed by atoms with van der Waals surface area (Å²) in [5, 5.41) is 3.39. The molecule has 0 aromatic carbocycles. The van der Waals surface area contributed by atoms with Crippen LogP contribution in [0.25, 0.3) is 0 Å². The Hall–Kier alpha value is -1.36. The molecule has 2 heterocycles. The first-order chi connectivity index (χ1) is 9.34. The standard InChI is InChI=1S/C14H21N3O2/c18-14-13(16-7-8-17(14)12-3-4-12)19-9-5-11-2-1-6-15-10-11/h7-8,11-12,15H,1-6,9-10H2. The van der Waals surface area contributed by atoms with Gasteiger partial charge in [0.25, 0.3) is 5.88 Å². The second-order valence-electron chi connectivity index (χ2n) is 5.53. The molecule has 3 rings (SSSR count). The Kier molecular flexibility index (Phi) is 3.82. The van der Waals surface area contributed by atoms with E-state index in [1.165, 1.54) is 12.8 Å². The minimum atomic E-state index is -0.0771. The third-order valence-electron chi connectivity index (χ3n) is 3.94. The summed E-state index contributed by atoms with van der Waals surface area (Å²) in [6.45, 7) is 2.78. The summed E-state index contributed by atoms with van der Waals surface area (Å²) in [6, 6.07) is 0.375. The number of hydrogen-bond donors (Lipinski definition) is 1. The monoisotopic (exact) mass is 263 g/mol. The molecule has 1 saturated heterocycles. The highest BCUT2D eigenvalue weighted by atomic mass is 16.5. The van der Waals surface area contributed by atoms with Gasteiger partial charge in [-0.25, -0.2) is 4.98 Å². The Morgan fingerprint density at radius 1 is 1.42 bits per heavy atom. The summed E-state index contributed by atoms with van der Waals surface area (Å²) in [7, 11) is 0. The molecule has 1 aromatic rings. The summed E-state index contributed by atoms with van der Waals surface area (Å²) >= 11 is 0. The highest BCUT2D eigenvalue weighted by molar-refractivity contribution is 5.06. The minimum Gasteiger partial charge on any atom is -0.474 e. The van der Waals surface area contributed by atoms with E-state index in [0.29, 0.717) is 18.6 Å². The Labute approximate surface area is 113 Å². The van der Waals surface area contributed by atoms with Crippen LogP contribution in [0.3, 0.4) is 0 Å². The zero-order valence-corrected chi connectivity index (χ0v) is 11.2. The molecular formula is C14H21N3O2. The van der Waals surface area contributed by atoms with Crippen molar-refractivity contribution in [2.75, 3.05) is 19.7 Å². The maximum atomic E-state index is 12.1. The Morgan fingerprint density at radius 2 is 2.32 bits per heavy atom. The molecule has 1 unspecified atom stereocenters. The number of piperidine rings is 1. The summed E-state index contributed by atoms with van der Waals surface area (Å²) in [5.74, 6) is 0.932. The second-order valence-corrected chi connectivity index (χ2v) is 5.53. The smallest absolute Gasteiger partial charge is 0.313 e. The van der Waals surface area contributed by atoms with E-state index in [4.69, 9.17) is 4.74 Å². The molecule has 1 aromatic heterocycles. The molecule has 5 heteroatoms. The van der Waals surface area contributed by atoms with E-state index in [2.05, 4.69) is 10.3 Å². The van der Waals surface area contributed by atoms with E-state index in [1.807, 2.05) is 0 Å². The van der Waals surface area contributed by atoms with Gasteiger partial charge in [0, 0.05) is 18.4 Å². The molecule has 0 radical (unpaired) electrons. The van der Waals surface area contributed by atoms with Crippen LogP contribution in [-0.4, -0.2) is 29.2 Å². The third kappa shape index (κ3) is 3.15. The molecule has 1 aliphatic carbocycles. The summed E-state index contributed by atoms with van der Waals surface area (Å²) < 4.78 is 7.34. The molecule has 0 amide bonds. The molecule has 0 spiro atoms. The van der Waals surface area contributed by atoms with Crippen LogP contribution >= 0.6 is 0 Å². The predicted molar refractivity (Wildman–Crippen MR) is 72.5 cm³/mol. The van der Waals surface area contributed by atoms with Gasteiger partial charge in [0.1, 0.15) is 0 Å². The Morgan fingerprint density at radius 3 is 3.05 bits per heavy atom. The first kappa shape index (κ1) is 12.7. The van der Waals surface area contributed by atoms with E-state index in [-0.39, 0.29) is 11.4 Å². The van der Waals surface area contributed by atoms with Crippen LogP contribution in [-0.2, 0) is 0 Å². The first-order valence-corrected chi connectivity index (χ1v) is 7.25. The fourth-order valence-corrected chi connectivity index (χ4v) is 2.64. The lowest BCUT2D eigenvalue weighted by Gasteiger charge is -2.22. The molecule has 0 bridgehead atoms. The molecule has 1 N–H and O–H groups in total. The molecule has 2 aliphatic rings. The number of nitrogens with one attached hydrogen (secondary N) is 1. The Bertz CT molecular complexity index is 476. The predicted octanol–water partition coefficient (Wildman–Crippen LogP) is 1.35. The van der Waals surface area contributed by atoms with Crippen molar-refractivity contribution in [2.24, 2.45) is 5.92 Å². The zero-order valence-electron chi connectivity index (χ0n) is 11.2. The van der Waals surface area contributed by atoms with Crippen LogP contribution < -0.4 is 15.6 Å².